The maximum absolute atomic E-state index is 6.80. The molecule has 0 fully saturated rings. The van der Waals surface area contributed by atoms with E-state index in [9.17, 15) is 0 Å². The third kappa shape index (κ3) is 6.71. The summed E-state index contributed by atoms with van der Waals surface area (Å²) in [5, 5.41) is 14.8. The van der Waals surface area contributed by atoms with Crippen molar-refractivity contribution in [3.8, 4) is 73.2 Å². The van der Waals surface area contributed by atoms with E-state index < -0.39 is 0 Å². The predicted octanol–water partition coefficient (Wildman–Crippen LogP) is 17.3. The van der Waals surface area contributed by atoms with Crippen molar-refractivity contribution in [2.45, 2.75) is 0 Å². The minimum atomic E-state index is 0.0237. The monoisotopic (exact) mass is 1050 g/mol. The highest BCUT2D eigenvalue weighted by Gasteiger charge is 2.40. The smallest absolute Gasteiger partial charge is 0.260 e. The number of para-hydroxylation sites is 4. The van der Waals surface area contributed by atoms with Crippen LogP contribution in [0.2, 0.25) is 0 Å². The molecule has 83 heavy (non-hydrogen) atoms. The quantitative estimate of drug-likeness (QED) is 0.166. The Kier molecular flexibility index (Phi) is 9.86. The Labute approximate surface area is 477 Å². The van der Waals surface area contributed by atoms with Crippen LogP contribution in [0.25, 0.3) is 93.8 Å². The lowest BCUT2D eigenvalue weighted by Crippen LogP contribution is -2.57. The van der Waals surface area contributed by atoms with Crippen molar-refractivity contribution in [3.05, 3.63) is 321 Å². The third-order valence-corrected chi connectivity index (χ3v) is 17.9. The summed E-state index contributed by atoms with van der Waals surface area (Å²) in [6, 6.07) is 101. The van der Waals surface area contributed by atoms with Crippen molar-refractivity contribution < 1.29 is 9.47 Å². The highest BCUT2D eigenvalue weighted by molar-refractivity contribution is 6.98. The Morgan fingerprint density at radius 2 is 0.759 bits per heavy atom. The molecule has 0 unspecified atom stereocenters. The molecule has 13 aromatic carbocycles. The summed E-state index contributed by atoms with van der Waals surface area (Å²) < 4.78 is 16.0. The first-order valence-corrected chi connectivity index (χ1v) is 28.6. The summed E-state index contributed by atoms with van der Waals surface area (Å²) in [4.78, 5) is 3.75. The zero-order valence-electron chi connectivity index (χ0n) is 44.9. The molecule has 5 heteroatoms. The van der Waals surface area contributed by atoms with Crippen LogP contribution in [0, 0.1) is 41.7 Å². The Hall–Kier alpha value is -10.9. The fourth-order valence-corrected chi connectivity index (χ4v) is 14.4. The van der Waals surface area contributed by atoms with Crippen molar-refractivity contribution in [1.82, 2.24) is 9.55 Å². The summed E-state index contributed by atoms with van der Waals surface area (Å²) in [7, 11) is 0. The number of fused-ring (bicyclic) bond motifs is 24. The van der Waals surface area contributed by atoms with Gasteiger partial charge in [-0.2, -0.15) is 0 Å². The first-order valence-electron chi connectivity index (χ1n) is 28.6. The first kappa shape index (κ1) is 45.9. The van der Waals surface area contributed by atoms with Gasteiger partial charge >= 0.3 is 0 Å². The molecule has 19 rings (SSSR count). The molecule has 2 aliphatic heterocycles. The van der Waals surface area contributed by atoms with Crippen LogP contribution in [-0.2, 0) is 0 Å². The summed E-state index contributed by atoms with van der Waals surface area (Å²) in [6.45, 7) is 0.0237. The second-order valence-corrected chi connectivity index (χ2v) is 22.2. The lowest BCUT2D eigenvalue weighted by atomic mass is 9.35. The molecule has 4 aliphatic rings. The van der Waals surface area contributed by atoms with Gasteiger partial charge in [-0.3, -0.25) is 0 Å². The van der Waals surface area contributed by atoms with E-state index in [0.29, 0.717) is 0 Å². The van der Waals surface area contributed by atoms with Crippen LogP contribution in [0.1, 0.15) is 0 Å². The average Bonchev–Trinajstić information content (AvgIpc) is 3.01. The number of hydrogen-bond acceptors (Lipinski definition) is 2. The van der Waals surface area contributed by atoms with E-state index in [1.165, 1.54) is 119 Å². The second kappa shape index (κ2) is 17.8. The van der Waals surface area contributed by atoms with E-state index >= 15 is 0 Å². The molecule has 0 bridgehead atoms. The van der Waals surface area contributed by atoms with Crippen molar-refractivity contribution >= 4 is 66.7 Å². The Bertz CT molecular complexity index is 5660. The number of nitrogens with one attached hydrogen (secondary N) is 1. The van der Waals surface area contributed by atoms with Crippen molar-refractivity contribution in [1.29, 1.82) is 0 Å². The van der Waals surface area contributed by atoms with Gasteiger partial charge in [0, 0.05) is 55.4 Å². The summed E-state index contributed by atoms with van der Waals surface area (Å²) in [5.74, 6) is 3.43. The number of H-pyrrole nitrogens is 1. The maximum Gasteiger partial charge on any atom is 0.260 e. The molecule has 4 nitrogen and oxygen atoms in total. The highest BCUT2D eigenvalue weighted by Crippen LogP contribution is 2.50. The Morgan fingerprint density at radius 3 is 1.37 bits per heavy atom. The number of aromatic nitrogens is 2. The van der Waals surface area contributed by atoms with Gasteiger partial charge in [0.2, 0.25) is 0 Å². The standard InChI is InChI=1S/C48H28BNO2.C30H19N/c1-2-14-31-30(13-1)32-15-3-4-17-34(32)37-25-26-38-35-18-7-10-22-41(35)50(48(38)46(37)36-19-6-5-16-33(31)36)29-27-44-47-45(28-29)52-43-24-12-9-21-40(43)49(47)39-20-8-11-23-42(39)51-44;1-2-10-20-19(9-1)21-11-3-4-13-23(21)26-17-18-27-24-14-7-8-16-28(24)31-30(27)29(26)25-15-6-5-12-22(20)25/h1-28H;1-18,31H. The van der Waals surface area contributed by atoms with Crippen LogP contribution in [0.3, 0.4) is 0 Å². The zero-order chi connectivity index (χ0) is 54.3. The average molecular weight is 1060 g/mol. The van der Waals surface area contributed by atoms with E-state index in [4.69, 9.17) is 9.47 Å². The molecule has 15 aromatic rings. The number of hydrogen-bond donors (Lipinski definition) is 1. The largest absolute Gasteiger partial charge is 0.458 e. The van der Waals surface area contributed by atoms with Gasteiger partial charge in [-0.15, -0.1) is 0 Å². The molecule has 4 heterocycles. The first-order chi connectivity index (χ1) is 41.2. The van der Waals surface area contributed by atoms with Crippen LogP contribution < -0.4 is 25.9 Å². The molecule has 0 saturated heterocycles. The molecular weight excluding hydrogens is 1010 g/mol. The van der Waals surface area contributed by atoms with Gasteiger partial charge in [0.15, 0.2) is 0 Å². The molecule has 0 saturated carbocycles. The number of aromatic amines is 1. The van der Waals surface area contributed by atoms with Gasteiger partial charge in [-0.05, 0) is 111 Å². The van der Waals surface area contributed by atoms with Crippen LogP contribution in [0.4, 0.5) is 0 Å². The van der Waals surface area contributed by atoms with Gasteiger partial charge in [-0.25, -0.2) is 0 Å². The maximum atomic E-state index is 6.80. The molecule has 0 amide bonds. The Morgan fingerprint density at radius 1 is 0.313 bits per heavy atom. The predicted molar refractivity (Wildman–Crippen MR) is 340 cm³/mol. The molecule has 1 N–H and O–H groups in total. The molecule has 384 valence electrons. The molecule has 2 aromatic heterocycles. The number of ether oxygens (including phenoxy) is 2. The van der Waals surface area contributed by atoms with Crippen LogP contribution in [0.15, 0.2) is 279 Å². The SMILES string of the molecule is c1ccc2c(c1)-c1ccccc1-c1ccc3c([nH]c4ccccc43)c1-c1ccccc1-2.c1ccc2c(c1)Oc1cc(-n3c4ccccc4c4ccc5c(c43)=c3ccccc3=c3ccccc3=c3ccccc3=5)cc3c1B2c1ccccc1O3. The topological polar surface area (TPSA) is 39.2 Å². The van der Waals surface area contributed by atoms with Gasteiger partial charge in [-0.1, -0.05) is 243 Å². The van der Waals surface area contributed by atoms with Crippen molar-refractivity contribution in [2.24, 2.45) is 0 Å². The molecule has 2 aliphatic carbocycles. The van der Waals surface area contributed by atoms with Crippen LogP contribution in [0.5, 0.6) is 23.0 Å². The fourth-order valence-electron chi connectivity index (χ4n) is 14.4. The van der Waals surface area contributed by atoms with E-state index in [2.05, 4.69) is 289 Å². The number of rotatable bonds is 1. The fraction of sp³-hybridized carbons (Fsp3) is 0. The molecular formula is C78H47BN2O2. The molecule has 0 spiro atoms. The van der Waals surface area contributed by atoms with Crippen molar-refractivity contribution in [3.63, 3.8) is 0 Å². The van der Waals surface area contributed by atoms with Crippen LogP contribution in [-0.4, -0.2) is 16.3 Å². The van der Waals surface area contributed by atoms with Gasteiger partial charge in [0.05, 0.1) is 22.2 Å². The van der Waals surface area contributed by atoms with Gasteiger partial charge in [0.1, 0.15) is 23.0 Å². The molecule has 0 atom stereocenters. The minimum absolute atomic E-state index is 0.0237. The number of benzene rings is 13. The van der Waals surface area contributed by atoms with E-state index in [-0.39, 0.29) is 6.71 Å². The number of nitrogens with zero attached hydrogens (tertiary/aromatic N) is 1. The van der Waals surface area contributed by atoms with Crippen molar-refractivity contribution in [2.75, 3.05) is 0 Å². The minimum Gasteiger partial charge on any atom is -0.458 e. The third-order valence-electron chi connectivity index (χ3n) is 17.9. The van der Waals surface area contributed by atoms with Gasteiger partial charge < -0.3 is 19.0 Å². The Balaban J connectivity index is 0.000000144. The van der Waals surface area contributed by atoms with Gasteiger partial charge in [0.25, 0.3) is 6.71 Å². The lowest BCUT2D eigenvalue weighted by molar-refractivity contribution is 0.464. The second-order valence-electron chi connectivity index (χ2n) is 22.2. The summed E-state index contributed by atoms with van der Waals surface area (Å²) in [6.07, 6.45) is 0. The lowest BCUT2D eigenvalue weighted by Gasteiger charge is -2.33. The zero-order valence-corrected chi connectivity index (χ0v) is 44.9. The normalized spacial score (nSPS) is 12.5. The van der Waals surface area contributed by atoms with E-state index in [1.54, 1.807) is 0 Å². The summed E-state index contributed by atoms with van der Waals surface area (Å²) in [5.41, 5.74) is 19.3. The van der Waals surface area contributed by atoms with Crippen LogP contribution >= 0.6 is 0 Å². The van der Waals surface area contributed by atoms with E-state index in [0.717, 1.165) is 56.1 Å². The highest BCUT2D eigenvalue weighted by atomic mass is 16.5. The molecule has 0 radical (unpaired) electrons. The summed E-state index contributed by atoms with van der Waals surface area (Å²) >= 11 is 0. The van der Waals surface area contributed by atoms with E-state index in [1.807, 2.05) is 0 Å².